The van der Waals surface area contributed by atoms with Crippen LogP contribution < -0.4 is 15.4 Å². The molecule has 0 bridgehead atoms. The van der Waals surface area contributed by atoms with E-state index in [1.165, 1.54) is 18.3 Å². The lowest BCUT2D eigenvalue weighted by atomic mass is 10.1. The van der Waals surface area contributed by atoms with Crippen molar-refractivity contribution in [1.82, 2.24) is 15.6 Å². The second-order valence-corrected chi connectivity index (χ2v) is 7.04. The number of amides is 1. The van der Waals surface area contributed by atoms with Crippen molar-refractivity contribution < 1.29 is 31.5 Å². The highest BCUT2D eigenvalue weighted by molar-refractivity contribution is 5.97. The number of ether oxygens (including phenoxy) is 1. The predicted octanol–water partition coefficient (Wildman–Crippen LogP) is 3.87. The summed E-state index contributed by atoms with van der Waals surface area (Å²) in [6.45, 7) is 0.0576. The third-order valence-electron chi connectivity index (χ3n) is 4.65. The first-order chi connectivity index (χ1) is 13.6. The van der Waals surface area contributed by atoms with E-state index in [1.807, 2.05) is 0 Å². The monoisotopic (exact) mass is 417 g/mol. The molecule has 2 N–H and O–H groups in total. The van der Waals surface area contributed by atoms with Gasteiger partial charge in [-0.05, 0) is 31.4 Å². The van der Waals surface area contributed by atoms with Crippen molar-refractivity contribution in [2.24, 2.45) is 0 Å². The van der Waals surface area contributed by atoms with Crippen molar-refractivity contribution in [3.63, 3.8) is 0 Å². The number of benzene rings is 1. The van der Waals surface area contributed by atoms with Crippen LogP contribution in [-0.4, -0.2) is 42.1 Å². The molecule has 0 aliphatic heterocycles. The Kier molecular flexibility index (Phi) is 6.21. The third kappa shape index (κ3) is 5.75. The number of hydrogen-bond donors (Lipinski definition) is 2. The summed E-state index contributed by atoms with van der Waals surface area (Å²) in [5.74, 6) is -1.50. The smallest absolute Gasteiger partial charge is 0.401 e. The Bertz CT molecular complexity index is 888. The van der Waals surface area contributed by atoms with Gasteiger partial charge in [0, 0.05) is 36.7 Å². The molecular formula is C19H20F5N3O2. The average molecular weight is 417 g/mol. The number of hydrogen-bond acceptors (Lipinski definition) is 4. The molecule has 0 radical (unpaired) electrons. The highest BCUT2D eigenvalue weighted by atomic mass is 19.4. The van der Waals surface area contributed by atoms with Crippen molar-refractivity contribution in [1.29, 1.82) is 0 Å². The van der Waals surface area contributed by atoms with Gasteiger partial charge >= 0.3 is 6.18 Å². The summed E-state index contributed by atoms with van der Waals surface area (Å²) in [4.78, 5) is 16.5. The van der Waals surface area contributed by atoms with Crippen LogP contribution in [0, 0.1) is 5.82 Å². The summed E-state index contributed by atoms with van der Waals surface area (Å²) in [5.41, 5.74) is 0.520. The Morgan fingerprint density at radius 1 is 1.28 bits per heavy atom. The fourth-order valence-corrected chi connectivity index (χ4v) is 3.35. The minimum absolute atomic E-state index is 0.191. The number of rotatable bonds is 6. The van der Waals surface area contributed by atoms with E-state index in [9.17, 15) is 26.7 Å². The lowest BCUT2D eigenvalue weighted by molar-refractivity contribution is -0.126. The van der Waals surface area contributed by atoms with Crippen molar-refractivity contribution >= 4 is 16.8 Å². The third-order valence-corrected chi connectivity index (χ3v) is 4.65. The van der Waals surface area contributed by atoms with Gasteiger partial charge in [-0.25, -0.2) is 8.78 Å². The Morgan fingerprint density at radius 2 is 2.00 bits per heavy atom. The molecule has 3 atom stereocenters. The van der Waals surface area contributed by atoms with Gasteiger partial charge in [-0.1, -0.05) is 0 Å². The van der Waals surface area contributed by atoms with Gasteiger partial charge < -0.3 is 15.4 Å². The molecule has 2 aromatic rings. The van der Waals surface area contributed by atoms with Gasteiger partial charge in [0.1, 0.15) is 0 Å². The summed E-state index contributed by atoms with van der Waals surface area (Å²) in [5, 5.41) is 5.55. The first-order valence-corrected chi connectivity index (χ1v) is 9.12. The molecule has 1 aromatic heterocycles. The summed E-state index contributed by atoms with van der Waals surface area (Å²) < 4.78 is 68.6. The highest BCUT2D eigenvalue weighted by Crippen LogP contribution is 2.26. The van der Waals surface area contributed by atoms with Crippen molar-refractivity contribution in [3.8, 4) is 5.75 Å². The SMILES string of the molecule is CC(F)Oc1cc2ncc(C(=O)N[C@@H]3CCC(NCC(F)(F)F)C3)cc2cc1F. The summed E-state index contributed by atoms with van der Waals surface area (Å²) in [7, 11) is 0. The van der Waals surface area contributed by atoms with Crippen LogP contribution in [0.2, 0.25) is 0 Å². The zero-order valence-corrected chi connectivity index (χ0v) is 15.5. The quantitative estimate of drug-likeness (QED) is 0.701. The van der Waals surface area contributed by atoms with Gasteiger partial charge in [-0.15, -0.1) is 0 Å². The van der Waals surface area contributed by atoms with E-state index < -0.39 is 30.8 Å². The van der Waals surface area contributed by atoms with Crippen LogP contribution in [0.5, 0.6) is 5.75 Å². The summed E-state index contributed by atoms with van der Waals surface area (Å²) in [6.07, 6.45) is -3.20. The van der Waals surface area contributed by atoms with E-state index in [0.717, 1.165) is 13.0 Å². The predicted molar refractivity (Wildman–Crippen MR) is 95.8 cm³/mol. The molecule has 1 aliphatic rings. The van der Waals surface area contributed by atoms with Crippen LogP contribution in [0.15, 0.2) is 24.4 Å². The zero-order valence-electron chi connectivity index (χ0n) is 15.5. The Labute approximate surface area is 163 Å². The van der Waals surface area contributed by atoms with Gasteiger partial charge in [-0.2, -0.15) is 13.2 Å². The van der Waals surface area contributed by atoms with Crippen LogP contribution in [0.3, 0.4) is 0 Å². The number of pyridine rings is 1. The number of carbonyl (C=O) groups is 1. The van der Waals surface area contributed by atoms with Crippen molar-refractivity contribution in [2.75, 3.05) is 6.54 Å². The topological polar surface area (TPSA) is 63.2 Å². The van der Waals surface area contributed by atoms with Gasteiger partial charge in [-0.3, -0.25) is 9.78 Å². The second kappa shape index (κ2) is 8.48. The van der Waals surface area contributed by atoms with E-state index in [1.54, 1.807) is 0 Å². The maximum Gasteiger partial charge on any atom is 0.401 e. The molecule has 29 heavy (non-hydrogen) atoms. The molecular weight excluding hydrogens is 397 g/mol. The van der Waals surface area contributed by atoms with E-state index >= 15 is 0 Å². The minimum Gasteiger partial charge on any atom is -0.458 e. The molecule has 1 fully saturated rings. The Morgan fingerprint density at radius 3 is 2.69 bits per heavy atom. The number of alkyl halides is 4. The van der Waals surface area contributed by atoms with Gasteiger partial charge in [0.2, 0.25) is 6.36 Å². The number of nitrogens with zero attached hydrogens (tertiary/aromatic N) is 1. The number of fused-ring (bicyclic) bond motifs is 1. The van der Waals surface area contributed by atoms with Gasteiger partial charge in [0.05, 0.1) is 17.6 Å². The fourth-order valence-electron chi connectivity index (χ4n) is 3.35. The van der Waals surface area contributed by atoms with Gasteiger partial charge in [0.25, 0.3) is 5.91 Å². The Balaban J connectivity index is 1.64. The van der Waals surface area contributed by atoms with Gasteiger partial charge in [0.15, 0.2) is 11.6 Å². The molecule has 0 spiro atoms. The standard InChI is InChI=1S/C19H20F5N3O2/c1-10(20)29-17-7-16-11(5-15(17)21)4-12(8-25-16)18(28)27-14-3-2-13(6-14)26-9-19(22,23)24/h4-5,7-8,10,13-14,26H,2-3,6,9H2,1H3,(H,27,28)/t10?,13?,14-/m1/s1. The number of halogens is 5. The van der Waals surface area contributed by atoms with E-state index in [2.05, 4.69) is 15.6 Å². The lowest BCUT2D eigenvalue weighted by Crippen LogP contribution is -2.38. The molecule has 1 aliphatic carbocycles. The summed E-state index contributed by atoms with van der Waals surface area (Å²) >= 11 is 0. The molecule has 158 valence electrons. The molecule has 2 unspecified atom stereocenters. The molecule has 1 aromatic carbocycles. The van der Waals surface area contributed by atoms with Crippen LogP contribution in [0.4, 0.5) is 22.0 Å². The highest BCUT2D eigenvalue weighted by Gasteiger charge is 2.31. The summed E-state index contributed by atoms with van der Waals surface area (Å²) in [6, 6.07) is 3.21. The van der Waals surface area contributed by atoms with E-state index in [-0.39, 0.29) is 23.4 Å². The molecule has 5 nitrogen and oxygen atoms in total. The average Bonchev–Trinajstić information content (AvgIpc) is 3.06. The minimum atomic E-state index is -4.28. The van der Waals surface area contributed by atoms with Crippen molar-refractivity contribution in [3.05, 3.63) is 35.8 Å². The van der Waals surface area contributed by atoms with Crippen LogP contribution in [0.1, 0.15) is 36.5 Å². The first-order valence-electron chi connectivity index (χ1n) is 9.12. The second-order valence-electron chi connectivity index (χ2n) is 7.04. The largest absolute Gasteiger partial charge is 0.458 e. The zero-order chi connectivity index (χ0) is 21.2. The fraction of sp³-hybridized carbons (Fsp3) is 0.474. The van der Waals surface area contributed by atoms with Crippen LogP contribution in [0.25, 0.3) is 10.9 Å². The van der Waals surface area contributed by atoms with E-state index in [4.69, 9.17) is 4.74 Å². The number of aromatic nitrogens is 1. The first kappa shape index (κ1) is 21.2. The van der Waals surface area contributed by atoms with Crippen LogP contribution >= 0.6 is 0 Å². The molecule has 0 saturated heterocycles. The lowest BCUT2D eigenvalue weighted by Gasteiger charge is -2.16. The van der Waals surface area contributed by atoms with Crippen molar-refractivity contribution in [2.45, 2.75) is 50.8 Å². The Hall–Kier alpha value is -2.49. The normalized spacial score (nSPS) is 20.6. The maximum absolute atomic E-state index is 14.0. The molecule has 10 heteroatoms. The molecule has 1 heterocycles. The maximum atomic E-state index is 14.0. The molecule has 3 rings (SSSR count). The number of carbonyl (C=O) groups excluding carboxylic acids is 1. The van der Waals surface area contributed by atoms with E-state index in [0.29, 0.717) is 30.2 Å². The number of nitrogens with one attached hydrogen (secondary N) is 2. The molecule has 1 amide bonds. The molecule has 1 saturated carbocycles. The van der Waals surface area contributed by atoms with Crippen LogP contribution in [-0.2, 0) is 0 Å².